The molecule has 0 atom stereocenters. The first-order chi connectivity index (χ1) is 9.99. The SMILES string of the molecule is Cc1cn(C(=O)c2c(Cl)cccc2Cl)c2ccc(N)cc12. The summed E-state index contributed by atoms with van der Waals surface area (Å²) in [6.45, 7) is 1.93. The monoisotopic (exact) mass is 318 g/mol. The zero-order chi connectivity index (χ0) is 15.1. The molecule has 0 aliphatic rings. The standard InChI is InChI=1S/C16H12Cl2N2O/c1-9-8-20(14-6-5-10(19)7-11(9)14)16(21)15-12(17)3-2-4-13(15)18/h2-8H,19H2,1H3. The minimum atomic E-state index is -0.256. The third kappa shape index (κ3) is 2.28. The van der Waals surface area contributed by atoms with Gasteiger partial charge in [-0.3, -0.25) is 9.36 Å². The van der Waals surface area contributed by atoms with Gasteiger partial charge in [0.1, 0.15) is 0 Å². The highest BCUT2D eigenvalue weighted by Gasteiger charge is 2.19. The number of hydrogen-bond donors (Lipinski definition) is 1. The van der Waals surface area contributed by atoms with Crippen LogP contribution in [0.5, 0.6) is 0 Å². The average Bonchev–Trinajstić information content (AvgIpc) is 2.75. The van der Waals surface area contributed by atoms with Gasteiger partial charge < -0.3 is 5.73 Å². The fourth-order valence-corrected chi connectivity index (χ4v) is 2.96. The first kappa shape index (κ1) is 14.0. The first-order valence-corrected chi connectivity index (χ1v) is 7.10. The number of nitrogens with zero attached hydrogens (tertiary/aromatic N) is 1. The smallest absolute Gasteiger partial charge is 0.265 e. The Morgan fingerprint density at radius 1 is 1.14 bits per heavy atom. The summed E-state index contributed by atoms with van der Waals surface area (Å²) in [5.41, 5.74) is 8.51. The Balaban J connectivity index is 2.24. The molecule has 0 bridgehead atoms. The van der Waals surface area contributed by atoms with Crippen molar-refractivity contribution in [1.82, 2.24) is 4.57 Å². The van der Waals surface area contributed by atoms with Gasteiger partial charge in [0.05, 0.1) is 21.1 Å². The molecule has 0 aliphatic heterocycles. The number of anilines is 1. The van der Waals surface area contributed by atoms with Crippen LogP contribution in [0, 0.1) is 6.92 Å². The Kier molecular flexibility index (Phi) is 3.40. The predicted octanol–water partition coefficient (Wildman–Crippen LogP) is 4.53. The maximum absolute atomic E-state index is 12.8. The van der Waals surface area contributed by atoms with E-state index in [4.69, 9.17) is 28.9 Å². The molecular formula is C16H12Cl2N2O. The Labute approximate surface area is 131 Å². The third-order valence-corrected chi connectivity index (χ3v) is 4.05. The third-order valence-electron chi connectivity index (χ3n) is 3.42. The number of fused-ring (bicyclic) bond motifs is 1. The lowest BCUT2D eigenvalue weighted by Crippen LogP contribution is -2.12. The zero-order valence-electron chi connectivity index (χ0n) is 11.2. The van der Waals surface area contributed by atoms with Crippen LogP contribution in [0.15, 0.2) is 42.6 Å². The molecule has 2 aromatic carbocycles. The van der Waals surface area contributed by atoms with Crippen LogP contribution in [-0.2, 0) is 0 Å². The molecule has 0 radical (unpaired) electrons. The number of halogens is 2. The second kappa shape index (κ2) is 5.10. The van der Waals surface area contributed by atoms with Crippen LogP contribution >= 0.6 is 23.2 Å². The van der Waals surface area contributed by atoms with Crippen LogP contribution in [0.25, 0.3) is 10.9 Å². The number of carbonyl (C=O) groups excluding carboxylic acids is 1. The minimum absolute atomic E-state index is 0.256. The predicted molar refractivity (Wildman–Crippen MR) is 87.3 cm³/mol. The summed E-state index contributed by atoms with van der Waals surface area (Å²) < 4.78 is 1.55. The van der Waals surface area contributed by atoms with Crippen LogP contribution < -0.4 is 5.73 Å². The molecule has 1 heterocycles. The van der Waals surface area contributed by atoms with Crippen molar-refractivity contribution < 1.29 is 4.79 Å². The highest BCUT2D eigenvalue weighted by molar-refractivity contribution is 6.40. The molecule has 0 fully saturated rings. The van der Waals surface area contributed by atoms with Crippen molar-refractivity contribution >= 4 is 45.7 Å². The Morgan fingerprint density at radius 3 is 2.48 bits per heavy atom. The van der Waals surface area contributed by atoms with Gasteiger partial charge in [0.25, 0.3) is 5.91 Å². The number of nitrogens with two attached hydrogens (primary N) is 1. The molecule has 21 heavy (non-hydrogen) atoms. The van der Waals surface area contributed by atoms with Crippen molar-refractivity contribution in [1.29, 1.82) is 0 Å². The molecule has 0 saturated carbocycles. The summed E-state index contributed by atoms with van der Waals surface area (Å²) in [5, 5.41) is 1.61. The summed E-state index contributed by atoms with van der Waals surface area (Å²) in [4.78, 5) is 12.8. The Bertz CT molecular complexity index is 848. The quantitative estimate of drug-likeness (QED) is 0.670. The molecule has 0 unspecified atom stereocenters. The van der Waals surface area contributed by atoms with E-state index in [2.05, 4.69) is 0 Å². The Hall–Kier alpha value is -1.97. The van der Waals surface area contributed by atoms with Gasteiger partial charge in [-0.15, -0.1) is 0 Å². The van der Waals surface area contributed by atoms with Gasteiger partial charge in [0, 0.05) is 17.3 Å². The van der Waals surface area contributed by atoms with E-state index in [-0.39, 0.29) is 5.91 Å². The fraction of sp³-hybridized carbons (Fsp3) is 0.0625. The second-order valence-corrected chi connectivity index (χ2v) is 5.67. The average molecular weight is 319 g/mol. The highest BCUT2D eigenvalue weighted by atomic mass is 35.5. The van der Waals surface area contributed by atoms with Gasteiger partial charge in [-0.25, -0.2) is 0 Å². The van der Waals surface area contributed by atoms with E-state index in [9.17, 15) is 4.79 Å². The largest absolute Gasteiger partial charge is 0.399 e. The van der Waals surface area contributed by atoms with Crippen LogP contribution in [0.3, 0.4) is 0 Å². The van der Waals surface area contributed by atoms with E-state index in [1.165, 1.54) is 0 Å². The van der Waals surface area contributed by atoms with Crippen LogP contribution in [-0.4, -0.2) is 10.5 Å². The van der Waals surface area contributed by atoms with E-state index in [1.54, 1.807) is 35.0 Å². The number of aryl methyl sites for hydroxylation is 1. The van der Waals surface area contributed by atoms with E-state index < -0.39 is 0 Å². The van der Waals surface area contributed by atoms with Crippen molar-refractivity contribution in [3.05, 3.63) is 63.8 Å². The summed E-state index contributed by atoms with van der Waals surface area (Å²) >= 11 is 12.2. The lowest BCUT2D eigenvalue weighted by molar-refractivity contribution is 0.0965. The normalized spacial score (nSPS) is 11.0. The topological polar surface area (TPSA) is 48.0 Å². The molecule has 0 spiro atoms. The number of rotatable bonds is 1. The molecule has 0 saturated heterocycles. The van der Waals surface area contributed by atoms with Crippen molar-refractivity contribution in [2.24, 2.45) is 0 Å². The highest BCUT2D eigenvalue weighted by Crippen LogP contribution is 2.29. The maximum Gasteiger partial charge on any atom is 0.265 e. The first-order valence-electron chi connectivity index (χ1n) is 6.35. The summed E-state index contributed by atoms with van der Waals surface area (Å²) in [6, 6.07) is 10.4. The molecule has 5 heteroatoms. The van der Waals surface area contributed by atoms with Crippen molar-refractivity contribution in [2.45, 2.75) is 6.92 Å². The molecular weight excluding hydrogens is 307 g/mol. The van der Waals surface area contributed by atoms with Crippen LogP contribution in [0.2, 0.25) is 10.0 Å². The van der Waals surface area contributed by atoms with Crippen molar-refractivity contribution in [3.63, 3.8) is 0 Å². The van der Waals surface area contributed by atoms with Crippen molar-refractivity contribution in [3.8, 4) is 0 Å². The van der Waals surface area contributed by atoms with Gasteiger partial charge in [-0.05, 0) is 42.8 Å². The molecule has 0 aliphatic carbocycles. The Morgan fingerprint density at radius 2 is 1.81 bits per heavy atom. The number of benzene rings is 2. The number of carbonyl (C=O) groups is 1. The molecule has 3 rings (SSSR count). The molecule has 106 valence electrons. The minimum Gasteiger partial charge on any atom is -0.399 e. The van der Waals surface area contributed by atoms with Crippen molar-refractivity contribution in [2.75, 3.05) is 5.73 Å². The van der Waals surface area contributed by atoms with Gasteiger partial charge in [0.2, 0.25) is 0 Å². The van der Waals surface area contributed by atoms with E-state index in [0.29, 0.717) is 21.3 Å². The van der Waals surface area contributed by atoms with Gasteiger partial charge in [0.15, 0.2) is 0 Å². The maximum atomic E-state index is 12.8. The van der Waals surface area contributed by atoms with Gasteiger partial charge >= 0.3 is 0 Å². The van der Waals surface area contributed by atoms with Gasteiger partial charge in [-0.1, -0.05) is 29.3 Å². The number of nitrogen functional groups attached to an aromatic ring is 1. The fourth-order valence-electron chi connectivity index (χ4n) is 2.40. The summed E-state index contributed by atoms with van der Waals surface area (Å²) in [7, 11) is 0. The number of aromatic nitrogens is 1. The van der Waals surface area contributed by atoms with Gasteiger partial charge in [-0.2, -0.15) is 0 Å². The van der Waals surface area contributed by atoms with E-state index in [0.717, 1.165) is 16.5 Å². The zero-order valence-corrected chi connectivity index (χ0v) is 12.7. The molecule has 3 nitrogen and oxygen atoms in total. The molecule has 1 aromatic heterocycles. The van der Waals surface area contributed by atoms with E-state index in [1.807, 2.05) is 19.1 Å². The summed E-state index contributed by atoms with van der Waals surface area (Å²) in [5.74, 6) is -0.256. The molecule has 0 amide bonds. The summed E-state index contributed by atoms with van der Waals surface area (Å²) in [6.07, 6.45) is 1.77. The number of hydrogen-bond acceptors (Lipinski definition) is 2. The van der Waals surface area contributed by atoms with Crippen LogP contribution in [0.4, 0.5) is 5.69 Å². The lowest BCUT2D eigenvalue weighted by atomic mass is 10.1. The second-order valence-electron chi connectivity index (χ2n) is 4.86. The molecule has 3 aromatic rings. The molecule has 2 N–H and O–H groups in total. The van der Waals surface area contributed by atoms with E-state index >= 15 is 0 Å². The van der Waals surface area contributed by atoms with Crippen LogP contribution in [0.1, 0.15) is 15.9 Å². The lowest BCUT2D eigenvalue weighted by Gasteiger charge is -2.08.